The van der Waals surface area contributed by atoms with Crippen LogP contribution in [-0.2, 0) is 14.8 Å². The molecule has 0 aliphatic carbocycles. The summed E-state index contributed by atoms with van der Waals surface area (Å²) in [5, 5.41) is 3.38. The number of sulfonamides is 1. The van der Waals surface area contributed by atoms with Crippen LogP contribution in [0.2, 0.25) is 10.0 Å². The minimum Gasteiger partial charge on any atom is -0.329 e. The average Bonchev–Trinajstić information content (AvgIpc) is 3.08. The van der Waals surface area contributed by atoms with Gasteiger partial charge in [0.1, 0.15) is 0 Å². The largest absolute Gasteiger partial charge is 0.329 e. The highest BCUT2D eigenvalue weighted by Crippen LogP contribution is 2.30. The van der Waals surface area contributed by atoms with Crippen molar-refractivity contribution >= 4 is 45.2 Å². The Kier molecular flexibility index (Phi) is 5.76. The average molecular weight is 468 g/mol. The van der Waals surface area contributed by atoms with Crippen molar-refractivity contribution in [1.82, 2.24) is 14.5 Å². The van der Waals surface area contributed by atoms with Gasteiger partial charge in [-0.2, -0.15) is 4.31 Å². The molecule has 3 amide bonds. The van der Waals surface area contributed by atoms with Gasteiger partial charge in [0, 0.05) is 19.1 Å². The highest BCUT2D eigenvalue weighted by molar-refractivity contribution is 7.89. The standard InChI is InChI=1S/C20H19Cl2N3O4S/c21-17-6-3-14(11-18(17)22)13-1-4-16(5-2-13)30(28,29)24-9-7-15(8-10-24)25-19(26)12-23-20(25)27/h1-6,11,15H,7-10,12H2,(H,23,27). The molecule has 2 aromatic carbocycles. The fraction of sp³-hybridized carbons (Fsp3) is 0.300. The van der Waals surface area contributed by atoms with Gasteiger partial charge >= 0.3 is 6.03 Å². The molecule has 7 nitrogen and oxygen atoms in total. The third-order valence-electron chi connectivity index (χ3n) is 5.41. The number of imide groups is 1. The van der Waals surface area contributed by atoms with Crippen LogP contribution in [0.15, 0.2) is 47.4 Å². The van der Waals surface area contributed by atoms with Crippen molar-refractivity contribution in [1.29, 1.82) is 0 Å². The predicted molar refractivity (Wildman–Crippen MR) is 114 cm³/mol. The summed E-state index contributed by atoms with van der Waals surface area (Å²) in [5.41, 5.74) is 1.66. The van der Waals surface area contributed by atoms with Gasteiger partial charge in [-0.15, -0.1) is 0 Å². The number of carbonyl (C=O) groups excluding carboxylic acids is 2. The number of hydrogen-bond acceptors (Lipinski definition) is 4. The van der Waals surface area contributed by atoms with E-state index < -0.39 is 16.1 Å². The van der Waals surface area contributed by atoms with E-state index in [1.54, 1.807) is 36.4 Å². The third kappa shape index (κ3) is 3.92. The lowest BCUT2D eigenvalue weighted by Gasteiger charge is -2.34. The van der Waals surface area contributed by atoms with Crippen molar-refractivity contribution in [3.05, 3.63) is 52.5 Å². The van der Waals surface area contributed by atoms with Gasteiger partial charge < -0.3 is 5.32 Å². The highest BCUT2D eigenvalue weighted by atomic mass is 35.5. The first-order valence-corrected chi connectivity index (χ1v) is 11.6. The van der Waals surface area contributed by atoms with E-state index in [0.29, 0.717) is 22.9 Å². The van der Waals surface area contributed by atoms with E-state index in [2.05, 4.69) is 5.32 Å². The minimum absolute atomic E-state index is 0.00251. The number of carbonyl (C=O) groups is 2. The van der Waals surface area contributed by atoms with Crippen LogP contribution in [0, 0.1) is 0 Å². The van der Waals surface area contributed by atoms with Crippen LogP contribution in [0.1, 0.15) is 12.8 Å². The lowest BCUT2D eigenvalue weighted by Crippen LogP contribution is -2.48. The van der Waals surface area contributed by atoms with Crippen molar-refractivity contribution in [2.75, 3.05) is 19.6 Å². The number of nitrogens with one attached hydrogen (secondary N) is 1. The molecule has 2 aliphatic heterocycles. The summed E-state index contributed by atoms with van der Waals surface area (Å²) in [4.78, 5) is 25.1. The summed E-state index contributed by atoms with van der Waals surface area (Å²) < 4.78 is 27.4. The Balaban J connectivity index is 1.47. The second-order valence-electron chi connectivity index (χ2n) is 7.21. The number of halogens is 2. The number of nitrogens with zero attached hydrogens (tertiary/aromatic N) is 2. The summed E-state index contributed by atoms with van der Waals surface area (Å²) in [7, 11) is -3.67. The molecule has 10 heteroatoms. The first kappa shape index (κ1) is 21.1. The Morgan fingerprint density at radius 1 is 0.900 bits per heavy atom. The van der Waals surface area contributed by atoms with Gasteiger partial charge in [-0.1, -0.05) is 41.4 Å². The molecule has 0 unspecified atom stereocenters. The van der Waals surface area contributed by atoms with Gasteiger partial charge in [-0.25, -0.2) is 13.2 Å². The monoisotopic (exact) mass is 467 g/mol. The molecular formula is C20H19Cl2N3O4S. The van der Waals surface area contributed by atoms with Gasteiger partial charge in [0.2, 0.25) is 15.9 Å². The van der Waals surface area contributed by atoms with E-state index >= 15 is 0 Å². The van der Waals surface area contributed by atoms with E-state index in [1.807, 2.05) is 6.07 Å². The number of hydrogen-bond donors (Lipinski definition) is 1. The Morgan fingerprint density at radius 2 is 1.53 bits per heavy atom. The van der Waals surface area contributed by atoms with Crippen LogP contribution in [-0.4, -0.2) is 55.2 Å². The molecule has 2 saturated heterocycles. The second-order valence-corrected chi connectivity index (χ2v) is 9.96. The van der Waals surface area contributed by atoms with Crippen LogP contribution >= 0.6 is 23.2 Å². The zero-order valence-electron chi connectivity index (χ0n) is 15.8. The fourth-order valence-corrected chi connectivity index (χ4v) is 5.56. The molecule has 1 N–H and O–H groups in total. The van der Waals surface area contributed by atoms with Crippen LogP contribution in [0.4, 0.5) is 4.79 Å². The van der Waals surface area contributed by atoms with Crippen molar-refractivity contribution in [3.8, 4) is 11.1 Å². The van der Waals surface area contributed by atoms with Gasteiger partial charge in [-0.05, 0) is 48.2 Å². The first-order valence-electron chi connectivity index (χ1n) is 9.43. The maximum Gasteiger partial charge on any atom is 0.324 e. The van der Waals surface area contributed by atoms with Gasteiger partial charge in [-0.3, -0.25) is 9.69 Å². The van der Waals surface area contributed by atoms with Crippen molar-refractivity contribution in [2.24, 2.45) is 0 Å². The summed E-state index contributed by atoms with van der Waals surface area (Å²) >= 11 is 12.0. The molecule has 0 saturated carbocycles. The minimum atomic E-state index is -3.67. The lowest BCUT2D eigenvalue weighted by atomic mass is 10.1. The maximum atomic E-state index is 13.0. The summed E-state index contributed by atoms with van der Waals surface area (Å²) in [6.45, 7) is 0.500. The molecule has 0 aromatic heterocycles. The first-order chi connectivity index (χ1) is 14.3. The van der Waals surface area contributed by atoms with E-state index in [0.717, 1.165) is 11.1 Å². The van der Waals surface area contributed by atoms with E-state index in [4.69, 9.17) is 23.2 Å². The van der Waals surface area contributed by atoms with Crippen LogP contribution in [0.5, 0.6) is 0 Å². The third-order valence-corrected chi connectivity index (χ3v) is 8.06. The molecule has 0 atom stereocenters. The molecule has 2 fully saturated rings. The highest BCUT2D eigenvalue weighted by Gasteiger charge is 2.38. The maximum absolute atomic E-state index is 13.0. The molecule has 4 rings (SSSR count). The number of piperidine rings is 1. The zero-order chi connectivity index (χ0) is 21.5. The Labute approximate surface area is 184 Å². The number of amides is 3. The van der Waals surface area contributed by atoms with Crippen molar-refractivity contribution in [2.45, 2.75) is 23.8 Å². The van der Waals surface area contributed by atoms with Gasteiger partial charge in [0.05, 0.1) is 21.5 Å². The predicted octanol–water partition coefficient (Wildman–Crippen LogP) is 3.37. The van der Waals surface area contributed by atoms with Gasteiger partial charge in [0.25, 0.3) is 0 Å². The molecule has 0 spiro atoms. The Morgan fingerprint density at radius 3 is 2.10 bits per heavy atom. The fourth-order valence-electron chi connectivity index (χ4n) is 3.79. The smallest absolute Gasteiger partial charge is 0.324 e. The van der Waals surface area contributed by atoms with E-state index in [9.17, 15) is 18.0 Å². The van der Waals surface area contributed by atoms with E-state index in [-0.39, 0.29) is 36.5 Å². The molecule has 0 radical (unpaired) electrons. The number of urea groups is 1. The summed E-state index contributed by atoms with van der Waals surface area (Å²) in [6.07, 6.45) is 0.833. The molecule has 2 aromatic rings. The second kappa shape index (κ2) is 8.19. The Bertz CT molecular complexity index is 1080. The number of rotatable bonds is 4. The topological polar surface area (TPSA) is 86.8 Å². The molecule has 30 heavy (non-hydrogen) atoms. The SMILES string of the molecule is O=C1CNC(=O)N1C1CCN(S(=O)(=O)c2ccc(-c3ccc(Cl)c(Cl)c3)cc2)CC1. The normalized spacial score (nSPS) is 18.7. The molecular weight excluding hydrogens is 449 g/mol. The van der Waals surface area contributed by atoms with Crippen LogP contribution < -0.4 is 5.32 Å². The molecule has 158 valence electrons. The quantitative estimate of drug-likeness (QED) is 0.698. The van der Waals surface area contributed by atoms with Crippen LogP contribution in [0.25, 0.3) is 11.1 Å². The lowest BCUT2D eigenvalue weighted by molar-refractivity contribution is -0.127. The summed E-state index contributed by atoms with van der Waals surface area (Å²) in [6, 6.07) is 11.2. The van der Waals surface area contributed by atoms with Crippen molar-refractivity contribution in [3.63, 3.8) is 0 Å². The summed E-state index contributed by atoms with van der Waals surface area (Å²) in [5.74, 6) is -0.265. The van der Waals surface area contributed by atoms with Gasteiger partial charge in [0.15, 0.2) is 0 Å². The van der Waals surface area contributed by atoms with Crippen molar-refractivity contribution < 1.29 is 18.0 Å². The van der Waals surface area contributed by atoms with E-state index in [1.165, 1.54) is 9.21 Å². The molecule has 0 bridgehead atoms. The molecule has 2 heterocycles. The Hall–Kier alpha value is -2.13. The molecule has 2 aliphatic rings. The van der Waals surface area contributed by atoms with Crippen LogP contribution in [0.3, 0.4) is 0 Å². The number of benzene rings is 2. The zero-order valence-corrected chi connectivity index (χ0v) is 18.2.